The molecule has 4 aromatic rings. The van der Waals surface area contributed by atoms with Crippen molar-refractivity contribution in [2.24, 2.45) is 0 Å². The molecule has 178 valence electrons. The Bertz CT molecular complexity index is 827. The first-order chi connectivity index (χ1) is 15.0. The summed E-state index contributed by atoms with van der Waals surface area (Å²) in [6.45, 7) is 1.45. The second kappa shape index (κ2) is 21.1. The third-order valence-electron chi connectivity index (χ3n) is 3.27. The molecule has 2 aromatic carbocycles. The van der Waals surface area contributed by atoms with E-state index in [-0.39, 0.29) is 31.0 Å². The number of halogens is 2. The zero-order valence-corrected chi connectivity index (χ0v) is 20.7. The average Bonchev–Trinajstić information content (AvgIpc) is 2.83. The summed E-state index contributed by atoms with van der Waals surface area (Å²) in [5.74, 6) is 1.74. The van der Waals surface area contributed by atoms with Gasteiger partial charge in [-0.1, -0.05) is 55.5 Å². The molecule has 0 fully saturated rings. The molecule has 2 aromatic heterocycles. The number of aromatic nitrogens is 2. The molecule has 0 saturated carbocycles. The first-order valence-corrected chi connectivity index (χ1v) is 11.3. The van der Waals surface area contributed by atoms with Crippen molar-refractivity contribution in [3.05, 3.63) is 122 Å². The highest BCUT2D eigenvalue weighted by atomic mass is 35.5. The average molecular weight is 511 g/mol. The highest BCUT2D eigenvalue weighted by molar-refractivity contribution is 7.51. The maximum atomic E-state index is 9.69. The van der Waals surface area contributed by atoms with Crippen LogP contribution in [0.4, 0.5) is 0 Å². The van der Waals surface area contributed by atoms with Crippen LogP contribution in [0, 0.1) is 0 Å². The maximum absolute atomic E-state index is 9.69. The lowest BCUT2D eigenvalue weighted by atomic mass is 10.3. The third-order valence-corrected chi connectivity index (χ3v) is 4.09. The molecule has 0 aliphatic rings. The molecular formula is C24H29Cl2N2O4P. The number of nitrogens with zero attached hydrogens (tertiary/aromatic N) is 2. The van der Waals surface area contributed by atoms with Crippen LogP contribution < -0.4 is 4.74 Å². The Hall–Kier alpha value is -2.73. The monoisotopic (exact) mass is 510 g/mol. The van der Waals surface area contributed by atoms with E-state index in [2.05, 4.69) is 9.97 Å². The fourth-order valence-electron chi connectivity index (χ4n) is 1.74. The number of pyridine rings is 2. The summed E-state index contributed by atoms with van der Waals surface area (Å²) >= 11 is 0. The lowest BCUT2D eigenvalue weighted by molar-refractivity contribution is 0.375. The Kier molecular flexibility index (Phi) is 20.8. The minimum atomic E-state index is -3.65. The topological polar surface area (TPSA) is 92.5 Å². The van der Waals surface area contributed by atoms with Crippen molar-refractivity contribution in [2.75, 3.05) is 6.16 Å². The Morgan fingerprint density at radius 1 is 0.636 bits per heavy atom. The van der Waals surface area contributed by atoms with E-state index in [0.717, 1.165) is 11.5 Å². The largest absolute Gasteiger partial charge is 0.457 e. The van der Waals surface area contributed by atoms with Gasteiger partial charge in [0.25, 0.3) is 0 Å². The van der Waals surface area contributed by atoms with Gasteiger partial charge in [-0.3, -0.25) is 14.5 Å². The van der Waals surface area contributed by atoms with Gasteiger partial charge in [-0.25, -0.2) is 0 Å². The fraction of sp³-hybridized carbons (Fsp3) is 0.0833. The van der Waals surface area contributed by atoms with Crippen LogP contribution in [0.5, 0.6) is 11.5 Å². The van der Waals surface area contributed by atoms with E-state index in [1.807, 2.05) is 97.1 Å². The Labute approximate surface area is 207 Å². The van der Waals surface area contributed by atoms with Gasteiger partial charge in [-0.15, -0.1) is 24.8 Å². The van der Waals surface area contributed by atoms with Gasteiger partial charge in [0.05, 0.1) is 0 Å². The molecule has 2 N–H and O–H groups in total. The SMILES string of the molecule is CCP(=O)(O)O.Cl.Cl.c1ccc(Oc2ccccc2)cc1.c1ccncc1.c1ccncc1. The van der Waals surface area contributed by atoms with Crippen molar-refractivity contribution in [3.8, 4) is 11.5 Å². The zero-order chi connectivity index (χ0) is 22.6. The predicted molar refractivity (Wildman–Crippen MR) is 139 cm³/mol. The number of para-hydroxylation sites is 2. The molecule has 2 heterocycles. The van der Waals surface area contributed by atoms with Gasteiger partial charge < -0.3 is 14.5 Å². The van der Waals surface area contributed by atoms with Crippen molar-refractivity contribution >= 4 is 32.4 Å². The normalized spacial score (nSPS) is 8.82. The summed E-state index contributed by atoms with van der Waals surface area (Å²) in [5, 5.41) is 0. The summed E-state index contributed by atoms with van der Waals surface area (Å²) in [7, 11) is -3.65. The number of hydrogen-bond donors (Lipinski definition) is 2. The number of ether oxygens (including phenoxy) is 1. The van der Waals surface area contributed by atoms with Gasteiger partial charge in [-0.05, 0) is 48.5 Å². The van der Waals surface area contributed by atoms with Crippen molar-refractivity contribution in [1.29, 1.82) is 0 Å². The summed E-state index contributed by atoms with van der Waals surface area (Å²) in [6, 6.07) is 30.9. The Morgan fingerprint density at radius 2 is 0.909 bits per heavy atom. The molecule has 4 rings (SSSR count). The van der Waals surface area contributed by atoms with Gasteiger partial charge in [0.15, 0.2) is 0 Å². The van der Waals surface area contributed by atoms with Crippen LogP contribution in [0.3, 0.4) is 0 Å². The van der Waals surface area contributed by atoms with E-state index in [9.17, 15) is 4.57 Å². The molecule has 0 saturated heterocycles. The van der Waals surface area contributed by atoms with Crippen molar-refractivity contribution in [1.82, 2.24) is 9.97 Å². The molecule has 0 aliphatic heterocycles. The van der Waals surface area contributed by atoms with Crippen LogP contribution >= 0.6 is 32.4 Å². The van der Waals surface area contributed by atoms with Gasteiger partial charge in [0.2, 0.25) is 0 Å². The lowest BCUT2D eigenvalue weighted by Gasteiger charge is -2.03. The van der Waals surface area contributed by atoms with Crippen LogP contribution in [0.1, 0.15) is 6.92 Å². The van der Waals surface area contributed by atoms with Gasteiger partial charge in [0, 0.05) is 30.9 Å². The minimum Gasteiger partial charge on any atom is -0.457 e. The van der Waals surface area contributed by atoms with Crippen LogP contribution in [0.25, 0.3) is 0 Å². The minimum absolute atomic E-state index is 0. The number of benzene rings is 2. The van der Waals surface area contributed by atoms with Gasteiger partial charge >= 0.3 is 7.60 Å². The van der Waals surface area contributed by atoms with Crippen LogP contribution in [-0.2, 0) is 4.57 Å². The molecular weight excluding hydrogens is 482 g/mol. The third kappa shape index (κ3) is 20.9. The maximum Gasteiger partial charge on any atom is 0.325 e. The highest BCUT2D eigenvalue weighted by Crippen LogP contribution is 2.32. The van der Waals surface area contributed by atoms with Crippen LogP contribution in [0.15, 0.2) is 122 Å². The summed E-state index contributed by atoms with van der Waals surface area (Å²) < 4.78 is 15.3. The van der Waals surface area contributed by atoms with E-state index in [1.54, 1.807) is 24.8 Å². The summed E-state index contributed by atoms with van der Waals surface area (Å²) in [5.41, 5.74) is 0. The summed E-state index contributed by atoms with van der Waals surface area (Å²) in [6.07, 6.45) is 6.94. The standard InChI is InChI=1S/C12H10O.2C5H5N.C2H7O3P.2ClH/c1-3-7-11(8-4-1)13-12-9-5-2-6-10-12;2*1-2-4-6-5-3-1;1-2-6(3,4)5;;/h1-10H;2*1-5H;2H2,1H3,(H2,3,4,5);2*1H. The molecule has 0 amide bonds. The van der Waals surface area contributed by atoms with Crippen LogP contribution in [-0.4, -0.2) is 25.9 Å². The first-order valence-electron chi connectivity index (χ1n) is 9.53. The molecule has 0 atom stereocenters. The number of hydrogen-bond acceptors (Lipinski definition) is 4. The fourth-order valence-corrected chi connectivity index (χ4v) is 1.74. The molecule has 0 aliphatic carbocycles. The van der Waals surface area contributed by atoms with E-state index in [1.165, 1.54) is 6.92 Å². The van der Waals surface area contributed by atoms with Gasteiger partial charge in [0.1, 0.15) is 11.5 Å². The Morgan fingerprint density at radius 3 is 1.09 bits per heavy atom. The molecule has 0 spiro atoms. The van der Waals surface area contributed by atoms with E-state index in [4.69, 9.17) is 14.5 Å². The van der Waals surface area contributed by atoms with Crippen LogP contribution in [0.2, 0.25) is 0 Å². The highest BCUT2D eigenvalue weighted by Gasteiger charge is 2.05. The summed E-state index contributed by atoms with van der Waals surface area (Å²) in [4.78, 5) is 23.4. The molecule has 0 bridgehead atoms. The molecule has 9 heteroatoms. The second-order valence-electron chi connectivity index (χ2n) is 5.76. The van der Waals surface area contributed by atoms with Crippen molar-refractivity contribution < 1.29 is 19.1 Å². The van der Waals surface area contributed by atoms with Crippen molar-refractivity contribution in [3.63, 3.8) is 0 Å². The predicted octanol–water partition coefficient (Wildman–Crippen LogP) is 6.67. The molecule has 0 radical (unpaired) electrons. The lowest BCUT2D eigenvalue weighted by Crippen LogP contribution is -1.81. The van der Waals surface area contributed by atoms with Crippen molar-refractivity contribution in [2.45, 2.75) is 6.92 Å². The van der Waals surface area contributed by atoms with E-state index in [0.29, 0.717) is 0 Å². The van der Waals surface area contributed by atoms with Gasteiger partial charge in [-0.2, -0.15) is 0 Å². The zero-order valence-electron chi connectivity index (χ0n) is 18.1. The molecule has 33 heavy (non-hydrogen) atoms. The van der Waals surface area contributed by atoms with E-state index < -0.39 is 7.60 Å². The molecule has 6 nitrogen and oxygen atoms in total. The van der Waals surface area contributed by atoms with E-state index >= 15 is 0 Å². The first kappa shape index (κ1) is 32.4. The smallest absolute Gasteiger partial charge is 0.325 e. The second-order valence-corrected chi connectivity index (χ2v) is 7.72. The Balaban J connectivity index is 0. The number of rotatable bonds is 3. The molecule has 0 unspecified atom stereocenters. The quantitative estimate of drug-likeness (QED) is 0.299.